The Bertz CT molecular complexity index is 563. The highest BCUT2D eigenvalue weighted by Gasteiger charge is 2.08. The smallest absolute Gasteiger partial charge is 0.325 e. The molecule has 0 bridgehead atoms. The van der Waals surface area contributed by atoms with E-state index in [0.717, 1.165) is 0 Å². The maximum Gasteiger partial charge on any atom is 0.325 e. The summed E-state index contributed by atoms with van der Waals surface area (Å²) in [4.78, 5) is 31.0. The third-order valence-corrected chi connectivity index (χ3v) is 2.42. The number of nitrogens with one attached hydrogen (secondary N) is 4. The van der Waals surface area contributed by atoms with Gasteiger partial charge >= 0.3 is 11.4 Å². The van der Waals surface area contributed by atoms with Gasteiger partial charge in [-0.3, -0.25) is 9.97 Å². The van der Waals surface area contributed by atoms with Crippen LogP contribution in [0.3, 0.4) is 0 Å². The summed E-state index contributed by atoms with van der Waals surface area (Å²) in [5.74, 6) is -0.358. The normalized spacial score (nSPS) is 10.8. The van der Waals surface area contributed by atoms with Crippen LogP contribution >= 0.6 is 0 Å². The maximum absolute atomic E-state index is 10.8. The van der Waals surface area contributed by atoms with Crippen LogP contribution in [0.4, 0.5) is 0 Å². The van der Waals surface area contributed by atoms with Crippen molar-refractivity contribution in [1.82, 2.24) is 19.9 Å². The molecule has 6 N–H and O–H groups in total. The van der Waals surface area contributed by atoms with Crippen molar-refractivity contribution in [2.24, 2.45) is 0 Å². The molecule has 2 rings (SSSR count). The van der Waals surface area contributed by atoms with Gasteiger partial charge in [0.15, 0.2) is 0 Å². The molecule has 0 aliphatic heterocycles. The largest absolute Gasteiger partial charge is 0.493 e. The third-order valence-electron chi connectivity index (χ3n) is 2.42. The molecule has 92 valence electrons. The third kappa shape index (κ3) is 2.41. The number of aromatic hydroxyl groups is 2. The van der Waals surface area contributed by atoms with E-state index in [-0.39, 0.29) is 11.8 Å². The van der Waals surface area contributed by atoms with E-state index in [1.807, 2.05) is 0 Å². The minimum atomic E-state index is -0.463. The lowest BCUT2D eigenvalue weighted by atomic mass is 10.1. The van der Waals surface area contributed by atoms with Gasteiger partial charge in [0.25, 0.3) is 0 Å². The summed E-state index contributed by atoms with van der Waals surface area (Å²) >= 11 is 0. The molecule has 2 aromatic rings. The van der Waals surface area contributed by atoms with Crippen molar-refractivity contribution >= 4 is 0 Å². The topological polar surface area (TPSA) is 138 Å². The first-order chi connectivity index (χ1) is 8.06. The van der Waals surface area contributed by atoms with E-state index >= 15 is 0 Å². The highest BCUT2D eigenvalue weighted by Crippen LogP contribution is 2.14. The minimum Gasteiger partial charge on any atom is -0.493 e. The highest BCUT2D eigenvalue weighted by molar-refractivity contribution is 5.18. The first-order valence-electron chi connectivity index (χ1n) is 5.06. The van der Waals surface area contributed by atoms with Crippen LogP contribution in [-0.4, -0.2) is 30.1 Å². The predicted octanol–water partition coefficient (Wildman–Crippen LogP) is -0.694. The summed E-state index contributed by atoms with van der Waals surface area (Å²) < 4.78 is 0. The van der Waals surface area contributed by atoms with Gasteiger partial charge in [-0.2, -0.15) is 0 Å². The van der Waals surface area contributed by atoms with Crippen molar-refractivity contribution < 1.29 is 10.2 Å². The molecule has 0 aliphatic carbocycles. The van der Waals surface area contributed by atoms with Gasteiger partial charge in [0.2, 0.25) is 11.8 Å². The lowest BCUT2D eigenvalue weighted by Gasteiger charge is -1.98. The molecule has 0 saturated carbocycles. The van der Waals surface area contributed by atoms with Gasteiger partial charge < -0.3 is 20.2 Å². The van der Waals surface area contributed by atoms with Gasteiger partial charge in [0.05, 0.1) is 11.4 Å². The predicted molar refractivity (Wildman–Crippen MR) is 58.2 cm³/mol. The van der Waals surface area contributed by atoms with Crippen molar-refractivity contribution in [3.05, 3.63) is 32.4 Å². The number of aryl methyl sites for hydroxylation is 2. The van der Waals surface area contributed by atoms with E-state index in [4.69, 9.17) is 0 Å². The fraction of sp³-hybridized carbons (Fsp3) is 0.333. The van der Waals surface area contributed by atoms with E-state index in [9.17, 15) is 19.8 Å². The fourth-order valence-electron chi connectivity index (χ4n) is 1.62. The van der Waals surface area contributed by atoms with Gasteiger partial charge in [-0.1, -0.05) is 0 Å². The summed E-state index contributed by atoms with van der Waals surface area (Å²) in [7, 11) is 0. The second-order valence-corrected chi connectivity index (χ2v) is 3.67. The van der Waals surface area contributed by atoms with Crippen LogP contribution in [0.25, 0.3) is 0 Å². The monoisotopic (exact) mass is 240 g/mol. The summed E-state index contributed by atoms with van der Waals surface area (Å²) in [6.45, 7) is 0. The number of H-pyrrole nitrogens is 4. The SMILES string of the molecule is O=c1[nH]c(O)c(CCCc2[nH]c(=O)[nH]c2O)[nH]1. The molecular weight excluding hydrogens is 228 g/mol. The van der Waals surface area contributed by atoms with Crippen LogP contribution < -0.4 is 11.4 Å². The average Bonchev–Trinajstić information content (AvgIpc) is 2.71. The fourth-order valence-corrected chi connectivity index (χ4v) is 1.62. The van der Waals surface area contributed by atoms with Crippen molar-refractivity contribution in [3.63, 3.8) is 0 Å². The van der Waals surface area contributed by atoms with Crippen molar-refractivity contribution in [2.45, 2.75) is 19.3 Å². The van der Waals surface area contributed by atoms with E-state index in [1.54, 1.807) is 0 Å². The minimum absolute atomic E-state index is 0.179. The molecule has 0 fully saturated rings. The number of hydrogen-bond donors (Lipinski definition) is 6. The van der Waals surface area contributed by atoms with Crippen LogP contribution in [0.2, 0.25) is 0 Å². The Balaban J connectivity index is 1.96. The van der Waals surface area contributed by atoms with Gasteiger partial charge in [-0.25, -0.2) is 9.59 Å². The zero-order chi connectivity index (χ0) is 12.4. The van der Waals surface area contributed by atoms with Crippen molar-refractivity contribution in [2.75, 3.05) is 0 Å². The molecule has 17 heavy (non-hydrogen) atoms. The molecule has 0 spiro atoms. The quantitative estimate of drug-likeness (QED) is 0.421. The van der Waals surface area contributed by atoms with E-state index in [0.29, 0.717) is 30.7 Å². The van der Waals surface area contributed by atoms with E-state index in [1.165, 1.54) is 0 Å². The molecule has 0 atom stereocenters. The van der Waals surface area contributed by atoms with Crippen LogP contribution in [0.1, 0.15) is 17.8 Å². The molecule has 0 amide bonds. The molecule has 0 aromatic carbocycles. The summed E-state index contributed by atoms with van der Waals surface area (Å²) in [5, 5.41) is 18.6. The zero-order valence-electron chi connectivity index (χ0n) is 8.83. The Morgan fingerprint density at radius 3 is 1.47 bits per heavy atom. The number of aromatic nitrogens is 4. The Kier molecular flexibility index (Phi) is 2.77. The van der Waals surface area contributed by atoms with Gasteiger partial charge in [0, 0.05) is 0 Å². The molecule has 0 aliphatic rings. The molecule has 0 saturated heterocycles. The first-order valence-corrected chi connectivity index (χ1v) is 5.06. The van der Waals surface area contributed by atoms with Crippen LogP contribution in [0.15, 0.2) is 9.59 Å². The number of aromatic amines is 4. The van der Waals surface area contributed by atoms with E-state index < -0.39 is 11.4 Å². The summed E-state index contributed by atoms with van der Waals surface area (Å²) in [6, 6.07) is 0. The van der Waals surface area contributed by atoms with Gasteiger partial charge in [-0.15, -0.1) is 0 Å². The second kappa shape index (κ2) is 4.24. The zero-order valence-corrected chi connectivity index (χ0v) is 8.83. The standard InChI is InChI=1S/C9H12N4O4/c14-6-4(10-8(16)12-6)2-1-3-5-7(15)13-9(17)11-5/h14-15H,1-3H2,(H2,10,12,16)(H2,11,13,17). The first kappa shape index (κ1) is 11.1. The van der Waals surface area contributed by atoms with E-state index in [2.05, 4.69) is 19.9 Å². The molecule has 0 radical (unpaired) electrons. The Morgan fingerprint density at radius 1 is 0.765 bits per heavy atom. The average molecular weight is 240 g/mol. The summed E-state index contributed by atoms with van der Waals surface area (Å²) in [5.41, 5.74) is -0.106. The lowest BCUT2D eigenvalue weighted by Crippen LogP contribution is -2.02. The molecule has 8 nitrogen and oxygen atoms in total. The Hall–Kier alpha value is -2.38. The molecule has 2 aromatic heterocycles. The summed E-state index contributed by atoms with van der Waals surface area (Å²) in [6.07, 6.45) is 1.41. The van der Waals surface area contributed by atoms with Crippen LogP contribution in [0, 0.1) is 0 Å². The van der Waals surface area contributed by atoms with Crippen molar-refractivity contribution in [3.8, 4) is 11.8 Å². The number of hydrogen-bond acceptors (Lipinski definition) is 4. The Labute approximate surface area is 94.4 Å². The second-order valence-electron chi connectivity index (χ2n) is 3.67. The van der Waals surface area contributed by atoms with Crippen LogP contribution in [0.5, 0.6) is 11.8 Å². The molecule has 8 heteroatoms. The molecular formula is C9H12N4O4. The lowest BCUT2D eigenvalue weighted by molar-refractivity contribution is 0.444. The molecule has 2 heterocycles. The van der Waals surface area contributed by atoms with Crippen molar-refractivity contribution in [1.29, 1.82) is 0 Å². The highest BCUT2D eigenvalue weighted by atomic mass is 16.3. The van der Waals surface area contributed by atoms with Gasteiger partial charge in [-0.05, 0) is 19.3 Å². The number of rotatable bonds is 4. The molecule has 0 unspecified atom stereocenters. The number of imidazole rings is 2. The Morgan fingerprint density at radius 2 is 1.18 bits per heavy atom. The van der Waals surface area contributed by atoms with Gasteiger partial charge in [0.1, 0.15) is 0 Å². The van der Waals surface area contributed by atoms with Crippen LogP contribution in [-0.2, 0) is 12.8 Å². The maximum atomic E-state index is 10.8.